The zero-order chi connectivity index (χ0) is 18.8. The van der Waals surface area contributed by atoms with Gasteiger partial charge >= 0.3 is 5.63 Å². The van der Waals surface area contributed by atoms with E-state index < -0.39 is 5.63 Å². The van der Waals surface area contributed by atoms with Crippen LogP contribution in [-0.2, 0) is 18.3 Å². The molecular weight excluding hydrogens is 338 g/mol. The van der Waals surface area contributed by atoms with E-state index in [9.17, 15) is 9.59 Å². The van der Waals surface area contributed by atoms with Gasteiger partial charge in [0.1, 0.15) is 18.4 Å². The number of fused-ring (bicyclic) bond motifs is 2. The normalized spacial score (nSPS) is 13.7. The predicted molar refractivity (Wildman–Crippen MR) is 104 cm³/mol. The van der Waals surface area contributed by atoms with Crippen LogP contribution in [-0.4, -0.2) is 5.78 Å². The Hall–Kier alpha value is -3.45. The molecule has 0 atom stereocenters. The van der Waals surface area contributed by atoms with Crippen molar-refractivity contribution in [2.45, 2.75) is 19.3 Å². The lowest BCUT2D eigenvalue weighted by Crippen LogP contribution is -2.30. The topological polar surface area (TPSA) is 51.2 Å². The molecule has 4 heteroatoms. The van der Waals surface area contributed by atoms with E-state index in [2.05, 4.69) is 11.8 Å². The Labute approximate surface area is 156 Å². The average molecular weight is 356 g/mol. The van der Waals surface area contributed by atoms with Crippen molar-refractivity contribution in [1.82, 2.24) is 0 Å². The van der Waals surface area contributed by atoms with Crippen molar-refractivity contribution in [2.24, 2.45) is 7.05 Å². The summed E-state index contributed by atoms with van der Waals surface area (Å²) in [6.07, 6.45) is 6.99. The van der Waals surface area contributed by atoms with Gasteiger partial charge in [0.25, 0.3) is 0 Å². The SMILES string of the molecule is C[n+]1ccccc1C=Cc1cc2cc3c(cc2oc1=O)C#CCCC(=O)C3. The Morgan fingerprint density at radius 3 is 2.89 bits per heavy atom. The van der Waals surface area contributed by atoms with E-state index in [-0.39, 0.29) is 5.78 Å². The fourth-order valence-electron chi connectivity index (χ4n) is 3.15. The van der Waals surface area contributed by atoms with Gasteiger partial charge in [0.2, 0.25) is 5.69 Å². The molecule has 0 fully saturated rings. The molecule has 0 amide bonds. The molecule has 1 aromatic carbocycles. The van der Waals surface area contributed by atoms with E-state index in [1.807, 2.05) is 48.2 Å². The minimum absolute atomic E-state index is 0.179. The maximum atomic E-state index is 12.4. The molecule has 2 aromatic heterocycles. The highest BCUT2D eigenvalue weighted by atomic mass is 16.4. The monoisotopic (exact) mass is 356 g/mol. The second-order valence-electron chi connectivity index (χ2n) is 6.62. The summed E-state index contributed by atoms with van der Waals surface area (Å²) in [7, 11) is 1.94. The number of Topliss-reactive ketones (excluding diaryl/α,β-unsaturated/α-hetero) is 1. The van der Waals surface area contributed by atoms with Crippen LogP contribution < -0.4 is 10.2 Å². The van der Waals surface area contributed by atoms with Crippen molar-refractivity contribution >= 4 is 28.9 Å². The van der Waals surface area contributed by atoms with Crippen molar-refractivity contribution < 1.29 is 13.8 Å². The van der Waals surface area contributed by atoms with Crippen LogP contribution in [0.15, 0.2) is 51.8 Å². The fraction of sp³-hybridized carbons (Fsp3) is 0.174. The van der Waals surface area contributed by atoms with E-state index in [1.165, 1.54) is 0 Å². The van der Waals surface area contributed by atoms with Crippen LogP contribution >= 0.6 is 0 Å². The van der Waals surface area contributed by atoms with E-state index in [0.29, 0.717) is 30.4 Å². The Morgan fingerprint density at radius 1 is 1.15 bits per heavy atom. The largest absolute Gasteiger partial charge is 0.422 e. The Balaban J connectivity index is 1.80. The molecule has 27 heavy (non-hydrogen) atoms. The molecule has 0 saturated heterocycles. The molecule has 2 heterocycles. The fourth-order valence-corrected chi connectivity index (χ4v) is 3.15. The van der Waals surface area contributed by atoms with Gasteiger partial charge in [-0.25, -0.2) is 9.36 Å². The molecular formula is C23H18NO3+. The summed E-state index contributed by atoms with van der Waals surface area (Å²) in [4.78, 5) is 24.4. The number of aromatic nitrogens is 1. The van der Waals surface area contributed by atoms with Crippen LogP contribution in [0.25, 0.3) is 23.1 Å². The third-order valence-electron chi connectivity index (χ3n) is 4.65. The number of aryl methyl sites for hydroxylation is 1. The summed E-state index contributed by atoms with van der Waals surface area (Å²) in [6, 6.07) is 11.3. The van der Waals surface area contributed by atoms with Gasteiger partial charge < -0.3 is 4.42 Å². The molecule has 4 rings (SSSR count). The standard InChI is InChI=1S/C23H18NO3/c1-24-11-5-4-7-20(24)10-9-17-12-19-13-18-14-21(25)8-3-2-6-16(18)15-22(19)27-23(17)26/h4-5,7,9-13,15H,3,8,14H2,1H3/q+1. The average Bonchev–Trinajstić information content (AvgIpc) is 2.64. The number of pyridine rings is 1. The van der Waals surface area contributed by atoms with Crippen molar-refractivity contribution in [1.29, 1.82) is 0 Å². The van der Waals surface area contributed by atoms with Crippen molar-refractivity contribution in [2.75, 3.05) is 0 Å². The Bertz CT molecular complexity index is 1210. The molecule has 1 aliphatic carbocycles. The number of carbonyl (C=O) groups excluding carboxylic acids is 1. The minimum atomic E-state index is -0.396. The van der Waals surface area contributed by atoms with Gasteiger partial charge in [-0.05, 0) is 35.9 Å². The van der Waals surface area contributed by atoms with Gasteiger partial charge in [-0.3, -0.25) is 4.79 Å². The third-order valence-corrected chi connectivity index (χ3v) is 4.65. The first kappa shape index (κ1) is 17.0. The molecule has 0 spiro atoms. The van der Waals surface area contributed by atoms with Crippen LogP contribution in [0.3, 0.4) is 0 Å². The molecule has 0 aliphatic heterocycles. The lowest BCUT2D eigenvalue weighted by atomic mass is 9.96. The maximum Gasteiger partial charge on any atom is 0.343 e. The zero-order valence-corrected chi connectivity index (χ0v) is 15.0. The van der Waals surface area contributed by atoms with Gasteiger partial charge in [0.15, 0.2) is 6.20 Å². The van der Waals surface area contributed by atoms with Crippen molar-refractivity contribution in [3.05, 3.63) is 75.4 Å². The minimum Gasteiger partial charge on any atom is -0.422 e. The van der Waals surface area contributed by atoms with Crippen LogP contribution in [0.2, 0.25) is 0 Å². The predicted octanol–water partition coefficient (Wildman–Crippen LogP) is 3.04. The van der Waals surface area contributed by atoms with E-state index >= 15 is 0 Å². The summed E-state index contributed by atoms with van der Waals surface area (Å²) in [5, 5.41) is 0.792. The van der Waals surface area contributed by atoms with Crippen LogP contribution in [0.5, 0.6) is 0 Å². The maximum absolute atomic E-state index is 12.4. The van der Waals surface area contributed by atoms with Gasteiger partial charge in [-0.15, -0.1) is 0 Å². The molecule has 0 N–H and O–H groups in total. The first-order valence-electron chi connectivity index (χ1n) is 8.84. The number of hydrogen-bond acceptors (Lipinski definition) is 3. The molecule has 1 aliphatic rings. The number of carbonyl (C=O) groups is 1. The lowest BCUT2D eigenvalue weighted by molar-refractivity contribution is -0.673. The third kappa shape index (κ3) is 3.58. The lowest BCUT2D eigenvalue weighted by Gasteiger charge is -2.08. The number of ketones is 1. The number of rotatable bonds is 2. The van der Waals surface area contributed by atoms with E-state index in [1.54, 1.807) is 18.2 Å². The van der Waals surface area contributed by atoms with Crippen LogP contribution in [0.1, 0.15) is 35.2 Å². The van der Waals surface area contributed by atoms with Gasteiger partial charge in [-0.1, -0.05) is 11.8 Å². The second kappa shape index (κ2) is 7.05. The van der Waals surface area contributed by atoms with Gasteiger partial charge in [0.05, 0.1) is 5.56 Å². The summed E-state index contributed by atoms with van der Waals surface area (Å²) in [5.41, 5.74) is 3.18. The van der Waals surface area contributed by atoms with Crippen LogP contribution in [0.4, 0.5) is 0 Å². The Morgan fingerprint density at radius 2 is 2.04 bits per heavy atom. The molecule has 0 bridgehead atoms. The summed E-state index contributed by atoms with van der Waals surface area (Å²) < 4.78 is 7.47. The molecule has 0 saturated carbocycles. The highest BCUT2D eigenvalue weighted by Gasteiger charge is 2.13. The van der Waals surface area contributed by atoms with Crippen molar-refractivity contribution in [3.8, 4) is 11.8 Å². The van der Waals surface area contributed by atoms with Crippen LogP contribution in [0, 0.1) is 11.8 Å². The Kier molecular flexibility index (Phi) is 4.43. The number of benzene rings is 1. The molecule has 0 unspecified atom stereocenters. The first-order valence-corrected chi connectivity index (χ1v) is 8.84. The van der Waals surface area contributed by atoms with Crippen molar-refractivity contribution in [3.63, 3.8) is 0 Å². The second-order valence-corrected chi connectivity index (χ2v) is 6.62. The number of nitrogens with zero attached hydrogens (tertiary/aromatic N) is 1. The van der Waals surface area contributed by atoms with E-state index in [0.717, 1.165) is 22.2 Å². The smallest absolute Gasteiger partial charge is 0.343 e. The molecule has 4 nitrogen and oxygen atoms in total. The molecule has 132 valence electrons. The summed E-state index contributed by atoms with van der Waals surface area (Å²) in [6.45, 7) is 0. The van der Waals surface area contributed by atoms with Gasteiger partial charge in [0, 0.05) is 48.4 Å². The highest BCUT2D eigenvalue weighted by molar-refractivity contribution is 5.87. The molecule has 0 radical (unpaired) electrons. The summed E-state index contributed by atoms with van der Waals surface area (Å²) >= 11 is 0. The zero-order valence-electron chi connectivity index (χ0n) is 15.0. The van der Waals surface area contributed by atoms with Gasteiger partial charge in [-0.2, -0.15) is 0 Å². The quantitative estimate of drug-likeness (QED) is 0.403. The summed E-state index contributed by atoms with van der Waals surface area (Å²) in [5.74, 6) is 6.27. The number of hydrogen-bond donors (Lipinski definition) is 0. The highest BCUT2D eigenvalue weighted by Crippen LogP contribution is 2.22. The van der Waals surface area contributed by atoms with E-state index in [4.69, 9.17) is 4.42 Å². The molecule has 3 aromatic rings. The first-order chi connectivity index (χ1) is 13.1.